The van der Waals surface area contributed by atoms with Crippen molar-refractivity contribution in [3.8, 4) is 0 Å². The minimum Gasteiger partial charge on any atom is -0.309 e. The Bertz CT molecular complexity index is 309. The molecule has 98 valence electrons. The Morgan fingerprint density at radius 1 is 1.18 bits per heavy atom. The van der Waals surface area contributed by atoms with Gasteiger partial charge in [0, 0.05) is 17.3 Å². The van der Waals surface area contributed by atoms with Crippen LogP contribution in [0.1, 0.15) is 53.4 Å². The fraction of sp³-hybridized carbons (Fsp3) is 1.00. The van der Waals surface area contributed by atoms with Gasteiger partial charge in [-0.2, -0.15) is 11.8 Å². The van der Waals surface area contributed by atoms with Crippen LogP contribution in [0.4, 0.5) is 0 Å². The van der Waals surface area contributed by atoms with Crippen LogP contribution >= 0.6 is 11.8 Å². The van der Waals surface area contributed by atoms with Gasteiger partial charge in [-0.05, 0) is 48.2 Å². The number of rotatable bonds is 2. The SMILES string of the molecule is CC1SCCC1NC1C2(C)CCC(C2)C1(C)C. The second-order valence-electron chi connectivity index (χ2n) is 7.49. The van der Waals surface area contributed by atoms with Gasteiger partial charge in [0.25, 0.3) is 0 Å². The lowest BCUT2D eigenvalue weighted by atomic mass is 9.68. The molecule has 0 aromatic heterocycles. The lowest BCUT2D eigenvalue weighted by Gasteiger charge is -2.45. The van der Waals surface area contributed by atoms with Gasteiger partial charge in [-0.15, -0.1) is 0 Å². The van der Waals surface area contributed by atoms with Gasteiger partial charge in [0.2, 0.25) is 0 Å². The van der Waals surface area contributed by atoms with Crippen molar-refractivity contribution < 1.29 is 0 Å². The number of hydrogen-bond donors (Lipinski definition) is 1. The molecule has 0 radical (unpaired) electrons. The standard InChI is InChI=1S/C15H27NS/c1-10-12(6-8-17-10)16-13-14(2,3)11-5-7-15(13,4)9-11/h10-13,16H,5-9H2,1-4H3. The maximum Gasteiger partial charge on any atom is 0.0194 e. The van der Waals surface area contributed by atoms with Gasteiger partial charge >= 0.3 is 0 Å². The largest absolute Gasteiger partial charge is 0.309 e. The topological polar surface area (TPSA) is 12.0 Å². The number of nitrogens with one attached hydrogen (secondary N) is 1. The quantitative estimate of drug-likeness (QED) is 0.805. The molecule has 2 bridgehead atoms. The van der Waals surface area contributed by atoms with Crippen LogP contribution in [-0.4, -0.2) is 23.1 Å². The molecule has 0 aromatic carbocycles. The van der Waals surface area contributed by atoms with Gasteiger partial charge in [-0.1, -0.05) is 27.7 Å². The Hall–Kier alpha value is 0.310. The summed E-state index contributed by atoms with van der Waals surface area (Å²) in [4.78, 5) is 0. The Morgan fingerprint density at radius 3 is 2.47 bits per heavy atom. The zero-order valence-electron chi connectivity index (χ0n) is 11.8. The fourth-order valence-corrected chi connectivity index (χ4v) is 6.09. The van der Waals surface area contributed by atoms with Crippen molar-refractivity contribution in [2.75, 3.05) is 5.75 Å². The highest BCUT2D eigenvalue weighted by molar-refractivity contribution is 8.00. The summed E-state index contributed by atoms with van der Waals surface area (Å²) in [6.45, 7) is 9.95. The molecule has 2 saturated carbocycles. The summed E-state index contributed by atoms with van der Waals surface area (Å²) in [6.07, 6.45) is 5.76. The van der Waals surface area contributed by atoms with Crippen molar-refractivity contribution in [3.05, 3.63) is 0 Å². The number of thioether (sulfide) groups is 1. The molecule has 17 heavy (non-hydrogen) atoms. The van der Waals surface area contributed by atoms with Crippen LogP contribution < -0.4 is 5.32 Å². The molecule has 5 unspecified atom stereocenters. The second-order valence-corrected chi connectivity index (χ2v) is 8.97. The van der Waals surface area contributed by atoms with Crippen molar-refractivity contribution in [3.63, 3.8) is 0 Å². The number of hydrogen-bond acceptors (Lipinski definition) is 2. The highest BCUT2D eigenvalue weighted by Crippen LogP contribution is 2.62. The van der Waals surface area contributed by atoms with E-state index in [0.717, 1.165) is 23.3 Å². The Balaban J connectivity index is 1.77. The van der Waals surface area contributed by atoms with Crippen LogP contribution in [0.15, 0.2) is 0 Å². The second kappa shape index (κ2) is 3.90. The third-order valence-corrected chi connectivity index (χ3v) is 7.35. The molecule has 2 aliphatic carbocycles. The maximum atomic E-state index is 4.07. The highest BCUT2D eigenvalue weighted by Gasteiger charge is 2.59. The van der Waals surface area contributed by atoms with E-state index in [2.05, 4.69) is 44.8 Å². The predicted octanol–water partition coefficient (Wildman–Crippen LogP) is 3.68. The molecule has 1 heterocycles. The normalized spacial score (nSPS) is 52.2. The molecule has 1 N–H and O–H groups in total. The summed E-state index contributed by atoms with van der Waals surface area (Å²) in [5.41, 5.74) is 1.10. The zero-order valence-corrected chi connectivity index (χ0v) is 12.6. The average molecular weight is 253 g/mol. The predicted molar refractivity (Wildman–Crippen MR) is 76.5 cm³/mol. The first-order valence-corrected chi connectivity index (χ1v) is 8.36. The molecule has 3 fully saturated rings. The molecule has 3 rings (SSSR count). The molecule has 0 amide bonds. The fourth-order valence-electron chi connectivity index (χ4n) is 4.88. The Morgan fingerprint density at radius 2 is 1.94 bits per heavy atom. The summed E-state index contributed by atoms with van der Waals surface area (Å²) in [6, 6.07) is 1.51. The summed E-state index contributed by atoms with van der Waals surface area (Å²) in [7, 11) is 0. The van der Waals surface area contributed by atoms with Crippen molar-refractivity contribution in [1.82, 2.24) is 5.32 Å². The van der Waals surface area contributed by atoms with E-state index >= 15 is 0 Å². The Labute approximate surface area is 111 Å². The summed E-state index contributed by atoms with van der Waals surface area (Å²) >= 11 is 2.15. The van der Waals surface area contributed by atoms with Crippen molar-refractivity contribution in [1.29, 1.82) is 0 Å². The molecular formula is C15H27NS. The Kier molecular flexibility index (Phi) is 2.83. The van der Waals surface area contributed by atoms with E-state index in [-0.39, 0.29) is 0 Å². The van der Waals surface area contributed by atoms with Gasteiger partial charge in [-0.25, -0.2) is 0 Å². The van der Waals surface area contributed by atoms with Crippen molar-refractivity contribution in [2.45, 2.75) is 70.7 Å². The van der Waals surface area contributed by atoms with E-state index in [1.54, 1.807) is 0 Å². The summed E-state index contributed by atoms with van der Waals surface area (Å²) < 4.78 is 0. The minimum atomic E-state index is 0.514. The van der Waals surface area contributed by atoms with Gasteiger partial charge in [0.1, 0.15) is 0 Å². The van der Waals surface area contributed by atoms with Crippen molar-refractivity contribution >= 4 is 11.8 Å². The molecule has 5 atom stereocenters. The molecule has 1 aliphatic heterocycles. The van der Waals surface area contributed by atoms with Crippen molar-refractivity contribution in [2.24, 2.45) is 16.7 Å². The first kappa shape index (κ1) is 12.3. The smallest absolute Gasteiger partial charge is 0.0194 e. The molecule has 0 spiro atoms. The van der Waals surface area contributed by atoms with E-state index < -0.39 is 0 Å². The lowest BCUT2D eigenvalue weighted by molar-refractivity contribution is 0.0987. The van der Waals surface area contributed by atoms with Gasteiger partial charge in [0.15, 0.2) is 0 Å². The minimum absolute atomic E-state index is 0.514. The average Bonchev–Trinajstić information content (AvgIpc) is 2.85. The highest BCUT2D eigenvalue weighted by atomic mass is 32.2. The lowest BCUT2D eigenvalue weighted by Crippen LogP contribution is -2.54. The molecule has 1 saturated heterocycles. The molecular weight excluding hydrogens is 226 g/mol. The third-order valence-electron chi connectivity index (χ3n) is 6.03. The van der Waals surface area contributed by atoms with Crippen LogP contribution in [0.2, 0.25) is 0 Å². The first-order chi connectivity index (χ1) is 7.93. The van der Waals surface area contributed by atoms with Crippen LogP contribution in [0.5, 0.6) is 0 Å². The third kappa shape index (κ3) is 1.78. The summed E-state index contributed by atoms with van der Waals surface area (Å²) in [5, 5.41) is 4.88. The van der Waals surface area contributed by atoms with Gasteiger partial charge < -0.3 is 5.32 Å². The van der Waals surface area contributed by atoms with E-state index in [0.29, 0.717) is 10.8 Å². The van der Waals surface area contributed by atoms with Crippen LogP contribution in [0, 0.1) is 16.7 Å². The molecule has 2 heteroatoms. The van der Waals surface area contributed by atoms with Crippen LogP contribution in [0.3, 0.4) is 0 Å². The maximum absolute atomic E-state index is 4.07. The summed E-state index contributed by atoms with van der Waals surface area (Å²) in [5.74, 6) is 2.32. The van der Waals surface area contributed by atoms with Gasteiger partial charge in [-0.3, -0.25) is 0 Å². The van der Waals surface area contributed by atoms with E-state index in [4.69, 9.17) is 0 Å². The zero-order chi connectivity index (χ0) is 12.3. The van der Waals surface area contributed by atoms with Gasteiger partial charge in [0.05, 0.1) is 0 Å². The molecule has 1 nitrogen and oxygen atoms in total. The number of fused-ring (bicyclic) bond motifs is 2. The van der Waals surface area contributed by atoms with E-state index in [1.807, 2.05) is 0 Å². The van der Waals surface area contributed by atoms with E-state index in [1.165, 1.54) is 31.4 Å². The monoisotopic (exact) mass is 253 g/mol. The van der Waals surface area contributed by atoms with Crippen LogP contribution in [0.25, 0.3) is 0 Å². The van der Waals surface area contributed by atoms with Crippen LogP contribution in [-0.2, 0) is 0 Å². The molecule has 3 aliphatic rings. The first-order valence-electron chi connectivity index (χ1n) is 7.31. The van der Waals surface area contributed by atoms with E-state index in [9.17, 15) is 0 Å². The molecule has 0 aromatic rings.